The zero-order chi connectivity index (χ0) is 39.8. The van der Waals surface area contributed by atoms with Gasteiger partial charge in [0.05, 0.1) is 28.9 Å². The van der Waals surface area contributed by atoms with Gasteiger partial charge in [0.1, 0.15) is 0 Å². The van der Waals surface area contributed by atoms with Crippen LogP contribution in [0.5, 0.6) is 69.0 Å². The van der Waals surface area contributed by atoms with Crippen molar-refractivity contribution in [2.45, 2.75) is 24.6 Å². The lowest BCUT2D eigenvalue weighted by molar-refractivity contribution is -0.250. The third-order valence-electron chi connectivity index (χ3n) is 7.57. The highest BCUT2D eigenvalue weighted by molar-refractivity contribution is 5.94. The molecule has 0 unspecified atom stereocenters. The molecule has 0 amide bonds. The van der Waals surface area contributed by atoms with Crippen LogP contribution in [0.15, 0.2) is 48.5 Å². The van der Waals surface area contributed by atoms with Crippen molar-refractivity contribution in [3.8, 4) is 69.0 Å². The molecule has 12 N–H and O–H groups in total. The summed E-state index contributed by atoms with van der Waals surface area (Å²) in [7, 11) is 0. The van der Waals surface area contributed by atoms with Gasteiger partial charge in [0.15, 0.2) is 81.2 Å². The predicted molar refractivity (Wildman–Crippen MR) is 169 cm³/mol. The Balaban J connectivity index is 1.58. The molecule has 284 valence electrons. The minimum Gasteiger partial charge on any atom is -0.504 e. The van der Waals surface area contributed by atoms with E-state index in [-0.39, 0.29) is 0 Å². The summed E-state index contributed by atoms with van der Waals surface area (Å²) in [4.78, 5) is 53.2. The summed E-state index contributed by atoms with van der Waals surface area (Å²) in [5.74, 6) is -17.9. The van der Waals surface area contributed by atoms with Crippen LogP contribution >= 0.6 is 0 Å². The maximum atomic E-state index is 13.4. The first-order valence-electron chi connectivity index (χ1n) is 14.8. The molecule has 0 bridgehead atoms. The van der Waals surface area contributed by atoms with Gasteiger partial charge in [-0.2, -0.15) is 0 Å². The molecule has 1 aliphatic rings. The molecule has 0 spiro atoms. The normalized spacial score (nSPS) is 17.9. The molecule has 4 aromatic rings. The van der Waals surface area contributed by atoms with Crippen LogP contribution < -0.4 is 0 Å². The molecule has 1 saturated heterocycles. The van der Waals surface area contributed by atoms with Crippen LogP contribution in [0.2, 0.25) is 0 Å². The third-order valence-corrected chi connectivity index (χ3v) is 7.57. The van der Waals surface area contributed by atoms with Crippen LogP contribution in [0.1, 0.15) is 41.4 Å². The van der Waals surface area contributed by atoms with Crippen LogP contribution in [0.3, 0.4) is 0 Å². The smallest absolute Gasteiger partial charge is 0.340 e. The second kappa shape index (κ2) is 14.5. The number of hydrogen-bond acceptors (Lipinski definition) is 21. The highest BCUT2D eigenvalue weighted by Crippen LogP contribution is 2.40. The predicted octanol–water partition coefficient (Wildman–Crippen LogP) is 1.34. The van der Waals surface area contributed by atoms with Crippen LogP contribution in [0, 0.1) is 0 Å². The van der Waals surface area contributed by atoms with Crippen molar-refractivity contribution in [3.05, 3.63) is 70.8 Å². The number of aromatic hydroxyl groups is 12. The topological polar surface area (TPSA) is 357 Å². The molecule has 0 aliphatic carbocycles. The van der Waals surface area contributed by atoms with Crippen LogP contribution in [-0.4, -0.2) is 116 Å². The Bertz CT molecular complexity index is 1930. The van der Waals surface area contributed by atoms with E-state index in [2.05, 4.69) is 0 Å². The molecule has 1 aliphatic heterocycles. The molecule has 54 heavy (non-hydrogen) atoms. The van der Waals surface area contributed by atoms with Gasteiger partial charge in [-0.1, -0.05) is 0 Å². The van der Waals surface area contributed by atoms with Crippen LogP contribution in [0.25, 0.3) is 0 Å². The van der Waals surface area contributed by atoms with E-state index < -0.39 is 146 Å². The van der Waals surface area contributed by atoms with Crippen molar-refractivity contribution in [1.29, 1.82) is 0 Å². The Labute approximate surface area is 299 Å². The number of phenols is 12. The number of benzene rings is 4. The van der Waals surface area contributed by atoms with Gasteiger partial charge in [-0.3, -0.25) is 0 Å². The van der Waals surface area contributed by atoms with Gasteiger partial charge in [0, 0.05) is 0 Å². The number of carbonyl (C=O) groups is 4. The molecule has 0 saturated carbocycles. The fourth-order valence-corrected chi connectivity index (χ4v) is 4.86. The first kappa shape index (κ1) is 37.6. The quantitative estimate of drug-likeness (QED) is 0.0685. The lowest BCUT2D eigenvalue weighted by Gasteiger charge is -2.40. The van der Waals surface area contributed by atoms with Gasteiger partial charge in [-0.25, -0.2) is 19.2 Å². The number of ether oxygens (including phenoxy) is 5. The highest BCUT2D eigenvalue weighted by atomic mass is 16.7. The summed E-state index contributed by atoms with van der Waals surface area (Å²) in [6, 6.07) is 5.13. The molecule has 0 radical (unpaired) electrons. The number of phenolic OH excluding ortho intramolecular Hbond substituents is 12. The maximum absolute atomic E-state index is 13.4. The highest BCUT2D eigenvalue weighted by Gasteiger charge is 2.50. The molecular weight excluding hydrogens is 732 g/mol. The van der Waals surface area contributed by atoms with Gasteiger partial charge >= 0.3 is 23.9 Å². The number of hydrogen-bond donors (Lipinski definition) is 12. The van der Waals surface area contributed by atoms with E-state index in [0.717, 1.165) is 0 Å². The molecule has 4 aromatic carbocycles. The molecule has 1 fully saturated rings. The lowest BCUT2D eigenvalue weighted by atomic mass is 10.0. The molecule has 1 heterocycles. The van der Waals surface area contributed by atoms with Crippen molar-refractivity contribution >= 4 is 23.9 Å². The summed E-state index contributed by atoms with van der Waals surface area (Å²) >= 11 is 0. The summed E-state index contributed by atoms with van der Waals surface area (Å²) in [5, 5.41) is 118. The third kappa shape index (κ3) is 7.50. The van der Waals surface area contributed by atoms with Crippen molar-refractivity contribution in [2.24, 2.45) is 0 Å². The summed E-state index contributed by atoms with van der Waals surface area (Å²) in [6.07, 6.45) is -8.50. The van der Waals surface area contributed by atoms with E-state index in [1.54, 1.807) is 0 Å². The summed E-state index contributed by atoms with van der Waals surface area (Å²) in [5.41, 5.74) is -2.59. The molecule has 21 heteroatoms. The Kier molecular flexibility index (Phi) is 10.1. The second-order valence-corrected chi connectivity index (χ2v) is 11.2. The van der Waals surface area contributed by atoms with Crippen LogP contribution in [0.4, 0.5) is 0 Å². The maximum Gasteiger partial charge on any atom is 0.340 e. The average molecular weight is 759 g/mol. The van der Waals surface area contributed by atoms with E-state index >= 15 is 0 Å². The van der Waals surface area contributed by atoms with E-state index in [9.17, 15) is 80.5 Å². The minimum atomic E-state index is -2.25. The second-order valence-electron chi connectivity index (χ2n) is 11.2. The summed E-state index contributed by atoms with van der Waals surface area (Å²) in [6.45, 7) is -0.898. The van der Waals surface area contributed by atoms with Crippen molar-refractivity contribution in [1.82, 2.24) is 0 Å². The van der Waals surface area contributed by atoms with Crippen LogP contribution in [-0.2, 0) is 23.7 Å². The van der Waals surface area contributed by atoms with Gasteiger partial charge in [-0.05, 0) is 48.5 Å². The SMILES string of the molecule is O=C(O[C@H]1OC[C@@H](OC(=O)c2cc(O)c(O)c(O)c2)[C@H](OC(=O)c2cc(O)c(O)c(O)c2)[C@H]1OC(=O)c1cc(O)c(O)c(O)c1)c1cc(O)c(O)c(O)c1. The molecular formula is C33H26O21. The molecule has 0 aromatic heterocycles. The number of carbonyl (C=O) groups excluding carboxylic acids is 4. The average Bonchev–Trinajstić information content (AvgIpc) is 3.11. The first-order chi connectivity index (χ1) is 25.4. The van der Waals surface area contributed by atoms with Gasteiger partial charge in [-0.15, -0.1) is 0 Å². The minimum absolute atomic E-state index is 0.606. The summed E-state index contributed by atoms with van der Waals surface area (Å²) < 4.78 is 27.1. The monoisotopic (exact) mass is 758 g/mol. The largest absolute Gasteiger partial charge is 0.504 e. The van der Waals surface area contributed by atoms with E-state index in [0.29, 0.717) is 48.5 Å². The Morgan fingerprint density at radius 3 is 0.981 bits per heavy atom. The fraction of sp³-hybridized carbons (Fsp3) is 0.152. The van der Waals surface area contributed by atoms with Crippen molar-refractivity contribution in [3.63, 3.8) is 0 Å². The first-order valence-corrected chi connectivity index (χ1v) is 14.8. The lowest BCUT2D eigenvalue weighted by Crippen LogP contribution is -2.58. The number of esters is 4. The zero-order valence-corrected chi connectivity index (χ0v) is 26.7. The van der Waals surface area contributed by atoms with E-state index in [4.69, 9.17) is 23.7 Å². The molecule has 21 nitrogen and oxygen atoms in total. The van der Waals surface area contributed by atoms with Crippen molar-refractivity contribution < 1.29 is 104 Å². The fourth-order valence-electron chi connectivity index (χ4n) is 4.86. The molecule has 4 atom stereocenters. The van der Waals surface area contributed by atoms with Gasteiger partial charge in [0.25, 0.3) is 0 Å². The van der Waals surface area contributed by atoms with Gasteiger partial charge in [0.2, 0.25) is 12.4 Å². The van der Waals surface area contributed by atoms with E-state index in [1.165, 1.54) is 0 Å². The standard InChI is InChI=1S/C33H26O21/c34-14-1-10(2-15(35)23(14)42)29(46)51-22-9-50-33(54-32(49)13-7-20(40)26(45)21(41)8-13)28(53-31(48)12-5-18(38)25(44)19(39)6-12)27(22)52-30(47)11-3-16(36)24(43)17(37)4-11/h1-8,22,27-28,33-45H,9H2/t22-,27+,28-,33-/m1/s1. The zero-order valence-electron chi connectivity index (χ0n) is 26.7. The number of rotatable bonds is 8. The Hall–Kier alpha value is -7.68. The Morgan fingerprint density at radius 1 is 0.407 bits per heavy atom. The van der Waals surface area contributed by atoms with Crippen molar-refractivity contribution in [2.75, 3.05) is 6.61 Å². The Morgan fingerprint density at radius 2 is 0.667 bits per heavy atom. The van der Waals surface area contributed by atoms with E-state index in [1.807, 2.05) is 0 Å². The van der Waals surface area contributed by atoms with Gasteiger partial charge < -0.3 is 85.0 Å². The molecule has 5 rings (SSSR count).